The van der Waals surface area contributed by atoms with Crippen molar-refractivity contribution >= 4 is 35.0 Å². The van der Waals surface area contributed by atoms with E-state index in [-0.39, 0.29) is 22.9 Å². The van der Waals surface area contributed by atoms with E-state index in [0.29, 0.717) is 23.1 Å². The van der Waals surface area contributed by atoms with Crippen molar-refractivity contribution in [2.75, 3.05) is 17.4 Å². The van der Waals surface area contributed by atoms with Crippen LogP contribution in [0.15, 0.2) is 47.0 Å². The third-order valence-electron chi connectivity index (χ3n) is 5.50. The summed E-state index contributed by atoms with van der Waals surface area (Å²) in [6.07, 6.45) is 0.0222. The second-order valence-electron chi connectivity index (χ2n) is 7.27. The fourth-order valence-electron chi connectivity index (χ4n) is 3.74. The van der Waals surface area contributed by atoms with Crippen LogP contribution in [0.4, 0.5) is 10.1 Å². The zero-order valence-electron chi connectivity index (χ0n) is 16.1. The molecule has 0 aromatic heterocycles. The van der Waals surface area contributed by atoms with E-state index in [9.17, 15) is 14.4 Å². The van der Waals surface area contributed by atoms with E-state index in [1.165, 1.54) is 35.0 Å². The van der Waals surface area contributed by atoms with Gasteiger partial charge in [0.1, 0.15) is 5.82 Å². The van der Waals surface area contributed by atoms with E-state index in [4.69, 9.17) is 11.6 Å². The first-order valence-electron chi connectivity index (χ1n) is 9.24. The average Bonchev–Trinajstić information content (AvgIpc) is 2.70. The molecule has 0 spiro atoms. The Morgan fingerprint density at radius 2 is 2.03 bits per heavy atom. The molecule has 2 aliphatic rings. The van der Waals surface area contributed by atoms with Crippen LogP contribution >= 0.6 is 23.4 Å². The van der Waals surface area contributed by atoms with Gasteiger partial charge in [0.15, 0.2) is 0 Å². The highest BCUT2D eigenvalue weighted by molar-refractivity contribution is 8.03. The number of carbonyl (C=O) groups is 1. The van der Waals surface area contributed by atoms with Crippen LogP contribution in [0.5, 0.6) is 0 Å². The highest BCUT2D eigenvalue weighted by Gasteiger charge is 2.39. The maximum atomic E-state index is 14.5. The van der Waals surface area contributed by atoms with Crippen molar-refractivity contribution in [2.24, 2.45) is 0 Å². The van der Waals surface area contributed by atoms with Gasteiger partial charge in [0.2, 0.25) is 5.91 Å². The lowest BCUT2D eigenvalue weighted by Gasteiger charge is -2.42. The van der Waals surface area contributed by atoms with Gasteiger partial charge in [-0.3, -0.25) is 9.69 Å². The molecule has 0 N–H and O–H groups in total. The summed E-state index contributed by atoms with van der Waals surface area (Å²) >= 11 is 7.66. The Balaban J connectivity index is 1.70. The SMILES string of the molecule is Cc1ccc(N2CSC3=C(C#N)[C@@H](c4c(F)cccc4Cl)CC(=O)N3C2)cc1C. The van der Waals surface area contributed by atoms with Gasteiger partial charge in [-0.25, -0.2) is 4.39 Å². The molecular formula is C22H19ClFN3OS. The van der Waals surface area contributed by atoms with Gasteiger partial charge in [0, 0.05) is 28.6 Å². The van der Waals surface area contributed by atoms with Gasteiger partial charge < -0.3 is 4.90 Å². The summed E-state index contributed by atoms with van der Waals surface area (Å²) in [6, 6.07) is 12.9. The minimum absolute atomic E-state index is 0.0222. The van der Waals surface area contributed by atoms with Crippen LogP contribution in [0.1, 0.15) is 29.0 Å². The molecule has 2 heterocycles. The molecule has 2 aliphatic heterocycles. The Kier molecular flexibility index (Phi) is 5.28. The molecule has 0 radical (unpaired) electrons. The van der Waals surface area contributed by atoms with Crippen LogP contribution in [0, 0.1) is 31.0 Å². The Hall–Kier alpha value is -2.49. The molecule has 2 aromatic rings. The Morgan fingerprint density at radius 1 is 1.24 bits per heavy atom. The van der Waals surface area contributed by atoms with Crippen molar-refractivity contribution in [3.05, 3.63) is 74.5 Å². The number of nitriles is 1. The highest BCUT2D eigenvalue weighted by Crippen LogP contribution is 2.45. The quantitative estimate of drug-likeness (QED) is 0.651. The fraction of sp³-hybridized carbons (Fsp3) is 0.273. The summed E-state index contributed by atoms with van der Waals surface area (Å²) in [5.74, 6) is -0.683. The number of halogens is 2. The number of allylic oxidation sites excluding steroid dienone is 1. The molecule has 4 nitrogen and oxygen atoms in total. The summed E-state index contributed by atoms with van der Waals surface area (Å²) in [5, 5.41) is 10.7. The smallest absolute Gasteiger partial charge is 0.229 e. The molecule has 0 unspecified atom stereocenters. The molecule has 0 bridgehead atoms. The Bertz CT molecular complexity index is 1060. The molecule has 0 aliphatic carbocycles. The van der Waals surface area contributed by atoms with E-state index in [1.807, 2.05) is 6.07 Å². The van der Waals surface area contributed by atoms with Crippen molar-refractivity contribution in [3.8, 4) is 6.07 Å². The van der Waals surface area contributed by atoms with E-state index in [1.54, 1.807) is 11.0 Å². The maximum Gasteiger partial charge on any atom is 0.229 e. The number of aryl methyl sites for hydroxylation is 2. The topological polar surface area (TPSA) is 47.3 Å². The molecule has 1 amide bonds. The molecular weight excluding hydrogens is 409 g/mol. The maximum absolute atomic E-state index is 14.5. The second-order valence-corrected chi connectivity index (χ2v) is 8.61. The minimum atomic E-state index is -0.659. The summed E-state index contributed by atoms with van der Waals surface area (Å²) < 4.78 is 14.5. The van der Waals surface area contributed by atoms with Gasteiger partial charge in [-0.1, -0.05) is 35.5 Å². The molecule has 29 heavy (non-hydrogen) atoms. The summed E-state index contributed by atoms with van der Waals surface area (Å²) in [6.45, 7) is 4.49. The van der Waals surface area contributed by atoms with Crippen LogP contribution in [-0.4, -0.2) is 23.4 Å². The number of fused-ring (bicyclic) bond motifs is 1. The van der Waals surface area contributed by atoms with Crippen LogP contribution in [0.25, 0.3) is 0 Å². The molecule has 1 fully saturated rings. The first-order valence-corrected chi connectivity index (χ1v) is 10.6. The van der Waals surface area contributed by atoms with Crippen molar-refractivity contribution < 1.29 is 9.18 Å². The third-order valence-corrected chi connectivity index (χ3v) is 6.98. The molecule has 7 heteroatoms. The number of hydrogen-bond acceptors (Lipinski definition) is 4. The monoisotopic (exact) mass is 427 g/mol. The van der Waals surface area contributed by atoms with Gasteiger partial charge in [-0.2, -0.15) is 5.26 Å². The lowest BCUT2D eigenvalue weighted by Crippen LogP contribution is -2.47. The van der Waals surface area contributed by atoms with Crippen LogP contribution < -0.4 is 4.90 Å². The van der Waals surface area contributed by atoms with Crippen molar-refractivity contribution in [2.45, 2.75) is 26.2 Å². The van der Waals surface area contributed by atoms with Gasteiger partial charge in [0.05, 0.1) is 29.2 Å². The highest BCUT2D eigenvalue weighted by atomic mass is 35.5. The van der Waals surface area contributed by atoms with Crippen LogP contribution in [0.3, 0.4) is 0 Å². The normalized spacial score (nSPS) is 19.3. The molecule has 2 aromatic carbocycles. The number of rotatable bonds is 2. The number of amides is 1. The summed E-state index contributed by atoms with van der Waals surface area (Å²) in [5.41, 5.74) is 4.06. The Labute approximate surface area is 178 Å². The van der Waals surface area contributed by atoms with E-state index in [2.05, 4.69) is 36.9 Å². The van der Waals surface area contributed by atoms with Crippen molar-refractivity contribution in [1.29, 1.82) is 5.26 Å². The molecule has 0 saturated carbocycles. The van der Waals surface area contributed by atoms with Gasteiger partial charge >= 0.3 is 0 Å². The number of nitrogens with zero attached hydrogens (tertiary/aromatic N) is 3. The number of thioether (sulfide) groups is 1. The largest absolute Gasteiger partial charge is 0.344 e. The second kappa shape index (κ2) is 7.74. The summed E-state index contributed by atoms with van der Waals surface area (Å²) in [7, 11) is 0. The Morgan fingerprint density at radius 3 is 2.72 bits per heavy atom. The average molecular weight is 428 g/mol. The standard InChI is InChI=1S/C22H19ClFN3OS/c1-13-6-7-15(8-14(13)2)26-11-27-20(28)9-16(17(10-25)22(27)29-12-26)21-18(23)4-3-5-19(21)24/h3-8,16H,9,11-12H2,1-2H3/t16-/m0/s1. The number of anilines is 1. The van der Waals surface area contributed by atoms with Gasteiger partial charge in [0.25, 0.3) is 0 Å². The van der Waals surface area contributed by atoms with E-state index in [0.717, 1.165) is 5.69 Å². The predicted octanol–water partition coefficient (Wildman–Crippen LogP) is 5.32. The van der Waals surface area contributed by atoms with E-state index >= 15 is 0 Å². The fourth-order valence-corrected chi connectivity index (χ4v) is 5.20. The molecule has 4 rings (SSSR count). The van der Waals surface area contributed by atoms with Crippen LogP contribution in [-0.2, 0) is 4.79 Å². The van der Waals surface area contributed by atoms with Gasteiger partial charge in [-0.15, -0.1) is 0 Å². The first kappa shape index (κ1) is 19.8. The summed E-state index contributed by atoms with van der Waals surface area (Å²) in [4.78, 5) is 16.7. The van der Waals surface area contributed by atoms with E-state index < -0.39 is 11.7 Å². The van der Waals surface area contributed by atoms with Crippen molar-refractivity contribution in [1.82, 2.24) is 4.90 Å². The van der Waals surface area contributed by atoms with Crippen LogP contribution in [0.2, 0.25) is 5.02 Å². The third kappa shape index (κ3) is 3.50. The van der Waals surface area contributed by atoms with Gasteiger partial charge in [-0.05, 0) is 49.2 Å². The number of carbonyl (C=O) groups excluding carboxylic acids is 1. The number of benzene rings is 2. The molecule has 1 saturated heterocycles. The number of hydrogen-bond donors (Lipinski definition) is 0. The molecule has 148 valence electrons. The zero-order valence-corrected chi connectivity index (χ0v) is 17.6. The first-order chi connectivity index (χ1) is 13.9. The van der Waals surface area contributed by atoms with Crippen molar-refractivity contribution in [3.63, 3.8) is 0 Å². The lowest BCUT2D eigenvalue weighted by atomic mass is 9.86. The minimum Gasteiger partial charge on any atom is -0.344 e. The lowest BCUT2D eigenvalue weighted by molar-refractivity contribution is -0.129. The molecule has 1 atom stereocenters. The predicted molar refractivity (Wildman–Crippen MR) is 114 cm³/mol. The zero-order chi connectivity index (χ0) is 20.7.